The van der Waals surface area contributed by atoms with Gasteiger partial charge in [-0.3, -0.25) is 0 Å². The van der Waals surface area contributed by atoms with Crippen LogP contribution >= 0.6 is 27.7 Å². The Kier molecular flexibility index (Phi) is 6.48. The van der Waals surface area contributed by atoms with Crippen LogP contribution < -0.4 is 5.32 Å². The SMILES string of the molecule is CSC(CO)C(C)NCc1ccc(Br)c(F)c1. The number of aliphatic hydroxyl groups is 1. The van der Waals surface area contributed by atoms with E-state index in [0.717, 1.165) is 5.56 Å². The van der Waals surface area contributed by atoms with Crippen LogP contribution in [-0.2, 0) is 6.54 Å². The molecule has 5 heteroatoms. The maximum Gasteiger partial charge on any atom is 0.137 e. The summed E-state index contributed by atoms with van der Waals surface area (Å²) in [5.74, 6) is -0.250. The van der Waals surface area contributed by atoms with Crippen LogP contribution in [-0.4, -0.2) is 29.3 Å². The quantitative estimate of drug-likeness (QED) is 0.845. The lowest BCUT2D eigenvalue weighted by atomic mass is 10.2. The fourth-order valence-electron chi connectivity index (χ4n) is 1.50. The summed E-state index contributed by atoms with van der Waals surface area (Å²) in [6.07, 6.45) is 1.97. The second kappa shape index (κ2) is 7.36. The first kappa shape index (κ1) is 15.0. The summed E-state index contributed by atoms with van der Waals surface area (Å²) in [7, 11) is 0. The minimum atomic E-state index is -0.250. The van der Waals surface area contributed by atoms with Gasteiger partial charge in [-0.1, -0.05) is 6.07 Å². The van der Waals surface area contributed by atoms with Gasteiger partial charge in [0.25, 0.3) is 0 Å². The van der Waals surface area contributed by atoms with Gasteiger partial charge in [-0.2, -0.15) is 11.8 Å². The first-order chi connectivity index (χ1) is 8.08. The van der Waals surface area contributed by atoms with Gasteiger partial charge in [-0.05, 0) is 46.8 Å². The molecule has 0 aliphatic carbocycles. The molecule has 0 aromatic heterocycles. The smallest absolute Gasteiger partial charge is 0.137 e. The summed E-state index contributed by atoms with van der Waals surface area (Å²) >= 11 is 4.75. The molecule has 0 aliphatic rings. The molecule has 1 rings (SSSR count). The molecule has 0 radical (unpaired) electrons. The van der Waals surface area contributed by atoms with E-state index in [2.05, 4.69) is 21.2 Å². The molecule has 1 aromatic rings. The molecule has 2 unspecified atom stereocenters. The number of halogens is 2. The van der Waals surface area contributed by atoms with Crippen molar-refractivity contribution in [1.82, 2.24) is 5.32 Å². The fraction of sp³-hybridized carbons (Fsp3) is 0.500. The fourth-order valence-corrected chi connectivity index (χ4v) is 2.40. The molecule has 1 aromatic carbocycles. The third-order valence-electron chi connectivity index (χ3n) is 2.65. The summed E-state index contributed by atoms with van der Waals surface area (Å²) in [5, 5.41) is 12.6. The molecule has 2 N–H and O–H groups in total. The minimum Gasteiger partial charge on any atom is -0.395 e. The third kappa shape index (κ3) is 4.58. The van der Waals surface area contributed by atoms with Crippen LogP contribution in [0.15, 0.2) is 22.7 Å². The zero-order valence-corrected chi connectivity index (χ0v) is 12.3. The van der Waals surface area contributed by atoms with Crippen LogP contribution in [0.1, 0.15) is 12.5 Å². The molecule has 0 fully saturated rings. The number of thioether (sulfide) groups is 1. The van der Waals surface area contributed by atoms with Crippen LogP contribution in [0, 0.1) is 5.82 Å². The van der Waals surface area contributed by atoms with Gasteiger partial charge in [0.05, 0.1) is 11.1 Å². The average molecular weight is 322 g/mol. The van der Waals surface area contributed by atoms with Crippen LogP contribution in [0.2, 0.25) is 0 Å². The Bertz CT molecular complexity index is 360. The van der Waals surface area contributed by atoms with E-state index in [1.165, 1.54) is 6.07 Å². The lowest BCUT2D eigenvalue weighted by Gasteiger charge is -2.21. The van der Waals surface area contributed by atoms with Crippen molar-refractivity contribution in [3.8, 4) is 0 Å². The van der Waals surface area contributed by atoms with E-state index < -0.39 is 0 Å². The second-order valence-corrected chi connectivity index (χ2v) is 5.81. The number of rotatable bonds is 6. The summed E-state index contributed by atoms with van der Waals surface area (Å²) in [4.78, 5) is 0. The molecule has 0 saturated carbocycles. The molecule has 0 amide bonds. The highest BCUT2D eigenvalue weighted by molar-refractivity contribution is 9.10. The van der Waals surface area contributed by atoms with Gasteiger partial charge in [-0.25, -0.2) is 4.39 Å². The zero-order chi connectivity index (χ0) is 12.8. The van der Waals surface area contributed by atoms with E-state index in [4.69, 9.17) is 5.11 Å². The van der Waals surface area contributed by atoms with Gasteiger partial charge in [0.2, 0.25) is 0 Å². The standard InChI is InChI=1S/C12H17BrFNOS/c1-8(12(7-16)17-2)15-6-9-3-4-10(13)11(14)5-9/h3-5,8,12,15-16H,6-7H2,1-2H3. The minimum absolute atomic E-state index is 0.143. The van der Waals surface area contributed by atoms with E-state index in [1.807, 2.05) is 19.2 Å². The highest BCUT2D eigenvalue weighted by atomic mass is 79.9. The molecule has 96 valence electrons. The first-order valence-electron chi connectivity index (χ1n) is 5.39. The molecule has 2 nitrogen and oxygen atoms in total. The average Bonchev–Trinajstić information content (AvgIpc) is 2.32. The predicted molar refractivity (Wildman–Crippen MR) is 74.8 cm³/mol. The van der Waals surface area contributed by atoms with E-state index in [0.29, 0.717) is 11.0 Å². The number of aliphatic hydroxyl groups excluding tert-OH is 1. The van der Waals surface area contributed by atoms with E-state index in [1.54, 1.807) is 17.8 Å². The Morgan fingerprint density at radius 2 is 2.24 bits per heavy atom. The lowest BCUT2D eigenvalue weighted by Crippen LogP contribution is -2.37. The van der Waals surface area contributed by atoms with Crippen molar-refractivity contribution >= 4 is 27.7 Å². The number of hydrogen-bond acceptors (Lipinski definition) is 3. The van der Waals surface area contributed by atoms with Gasteiger partial charge >= 0.3 is 0 Å². The Morgan fingerprint density at radius 3 is 2.76 bits per heavy atom. The molecule has 2 atom stereocenters. The van der Waals surface area contributed by atoms with Gasteiger partial charge in [0.15, 0.2) is 0 Å². The first-order valence-corrected chi connectivity index (χ1v) is 7.47. The maximum absolute atomic E-state index is 13.3. The summed E-state index contributed by atoms with van der Waals surface area (Å²) < 4.78 is 13.8. The van der Waals surface area contributed by atoms with Crippen LogP contribution in [0.4, 0.5) is 4.39 Å². The maximum atomic E-state index is 13.3. The van der Waals surface area contributed by atoms with Crippen molar-refractivity contribution in [3.63, 3.8) is 0 Å². The lowest BCUT2D eigenvalue weighted by molar-refractivity contribution is 0.276. The van der Waals surface area contributed by atoms with Crippen molar-refractivity contribution in [1.29, 1.82) is 0 Å². The normalized spacial score (nSPS) is 14.6. The van der Waals surface area contributed by atoms with Crippen LogP contribution in [0.5, 0.6) is 0 Å². The molecule has 0 aliphatic heterocycles. The number of benzene rings is 1. The molecule has 0 heterocycles. The Labute approximate surface area is 114 Å². The van der Waals surface area contributed by atoms with E-state index in [-0.39, 0.29) is 23.7 Å². The van der Waals surface area contributed by atoms with Crippen molar-refractivity contribution in [2.24, 2.45) is 0 Å². The van der Waals surface area contributed by atoms with E-state index in [9.17, 15) is 4.39 Å². The zero-order valence-electron chi connectivity index (χ0n) is 9.91. The molecule has 17 heavy (non-hydrogen) atoms. The molecule has 0 saturated heterocycles. The monoisotopic (exact) mass is 321 g/mol. The Balaban J connectivity index is 2.52. The highest BCUT2D eigenvalue weighted by Crippen LogP contribution is 2.17. The van der Waals surface area contributed by atoms with Crippen molar-refractivity contribution in [2.45, 2.75) is 24.8 Å². The van der Waals surface area contributed by atoms with Crippen LogP contribution in [0.25, 0.3) is 0 Å². The van der Waals surface area contributed by atoms with Crippen molar-refractivity contribution < 1.29 is 9.50 Å². The van der Waals surface area contributed by atoms with Gasteiger partial charge in [-0.15, -0.1) is 0 Å². The van der Waals surface area contributed by atoms with E-state index >= 15 is 0 Å². The third-order valence-corrected chi connectivity index (χ3v) is 4.46. The van der Waals surface area contributed by atoms with Crippen molar-refractivity contribution in [3.05, 3.63) is 34.1 Å². The Morgan fingerprint density at radius 1 is 1.53 bits per heavy atom. The molecule has 0 spiro atoms. The van der Waals surface area contributed by atoms with Gasteiger partial charge < -0.3 is 10.4 Å². The van der Waals surface area contributed by atoms with Crippen LogP contribution in [0.3, 0.4) is 0 Å². The molecular formula is C12H17BrFNOS. The highest BCUT2D eigenvalue weighted by Gasteiger charge is 2.14. The summed E-state index contributed by atoms with van der Waals surface area (Å²) in [6.45, 7) is 2.76. The topological polar surface area (TPSA) is 32.3 Å². The molecule has 0 bridgehead atoms. The van der Waals surface area contributed by atoms with Gasteiger partial charge in [0.1, 0.15) is 5.82 Å². The summed E-state index contributed by atoms with van der Waals surface area (Å²) in [6, 6.07) is 5.27. The molecular weight excluding hydrogens is 305 g/mol. The van der Waals surface area contributed by atoms with Gasteiger partial charge in [0, 0.05) is 17.8 Å². The van der Waals surface area contributed by atoms with Crippen molar-refractivity contribution in [2.75, 3.05) is 12.9 Å². The largest absolute Gasteiger partial charge is 0.395 e. The predicted octanol–water partition coefficient (Wildman–Crippen LogP) is 2.79. The summed E-state index contributed by atoms with van der Waals surface area (Å²) in [5.41, 5.74) is 0.898. The number of hydrogen-bond donors (Lipinski definition) is 2. The number of nitrogens with one attached hydrogen (secondary N) is 1. The second-order valence-electron chi connectivity index (χ2n) is 3.87. The Hall–Kier alpha value is -0.100.